The maximum Gasteiger partial charge on any atom is 0.416 e. The third-order valence-electron chi connectivity index (χ3n) is 5.24. The molecule has 0 aromatic heterocycles. The van der Waals surface area contributed by atoms with Crippen LogP contribution in [0.1, 0.15) is 25.3 Å². The summed E-state index contributed by atoms with van der Waals surface area (Å²) in [6, 6.07) is 5.39. The summed E-state index contributed by atoms with van der Waals surface area (Å²) < 4.78 is 43.9. The van der Waals surface area contributed by atoms with Crippen LogP contribution in [0.4, 0.5) is 13.2 Å². The largest absolute Gasteiger partial charge is 0.497 e. The normalized spacial score (nSPS) is 23.7. The zero-order chi connectivity index (χ0) is 20.3. The highest BCUT2D eigenvalue weighted by atomic mass is 32.2. The van der Waals surface area contributed by atoms with E-state index in [0.717, 1.165) is 18.2 Å². The zero-order valence-electron chi connectivity index (χ0n) is 15.9. The van der Waals surface area contributed by atoms with Gasteiger partial charge in [-0.3, -0.25) is 4.79 Å². The van der Waals surface area contributed by atoms with Crippen molar-refractivity contribution in [2.24, 2.45) is 11.8 Å². The molecule has 7 heteroatoms. The molecule has 2 aliphatic rings. The second kappa shape index (κ2) is 8.64. The lowest BCUT2D eigenvalue weighted by Crippen LogP contribution is -2.31. The number of allylic oxidation sites excluding steroid dienone is 2. The summed E-state index contributed by atoms with van der Waals surface area (Å²) in [6.45, 7) is 3.30. The Kier molecular flexibility index (Phi) is 6.43. The fourth-order valence-corrected chi connectivity index (χ4v) is 4.72. The Morgan fingerprint density at radius 3 is 2.79 bits per heavy atom. The summed E-state index contributed by atoms with van der Waals surface area (Å²) in [7, 11) is 1.63. The number of amides is 1. The van der Waals surface area contributed by atoms with Crippen molar-refractivity contribution in [2.75, 3.05) is 20.2 Å². The van der Waals surface area contributed by atoms with E-state index in [4.69, 9.17) is 4.74 Å². The van der Waals surface area contributed by atoms with Crippen LogP contribution in [-0.4, -0.2) is 36.3 Å². The van der Waals surface area contributed by atoms with Gasteiger partial charge >= 0.3 is 6.18 Å². The van der Waals surface area contributed by atoms with E-state index in [2.05, 4.69) is 6.08 Å². The van der Waals surface area contributed by atoms with Gasteiger partial charge in [0.15, 0.2) is 0 Å². The molecule has 1 aromatic rings. The Labute approximate surface area is 167 Å². The van der Waals surface area contributed by atoms with Crippen molar-refractivity contribution >= 4 is 17.7 Å². The van der Waals surface area contributed by atoms with Gasteiger partial charge in [-0.15, -0.1) is 11.8 Å². The Bertz CT molecular complexity index is 775. The second-order valence-electron chi connectivity index (χ2n) is 7.28. The SMILES string of the molecule is COC1=CCC(CN2CC(C(C)Sc3cccc(C(F)(F)F)c3)CC2=O)C=C1. The first-order valence-electron chi connectivity index (χ1n) is 9.30. The molecule has 1 fully saturated rings. The van der Waals surface area contributed by atoms with Crippen LogP contribution in [0.2, 0.25) is 0 Å². The molecule has 0 N–H and O–H groups in total. The van der Waals surface area contributed by atoms with E-state index in [9.17, 15) is 18.0 Å². The molecule has 152 valence electrons. The summed E-state index contributed by atoms with van der Waals surface area (Å²) >= 11 is 1.41. The van der Waals surface area contributed by atoms with Crippen molar-refractivity contribution in [3.05, 3.63) is 53.8 Å². The number of carbonyl (C=O) groups is 1. The molecule has 1 aromatic carbocycles. The lowest BCUT2D eigenvalue weighted by Gasteiger charge is -2.24. The van der Waals surface area contributed by atoms with Crippen molar-refractivity contribution in [1.82, 2.24) is 4.90 Å². The summed E-state index contributed by atoms with van der Waals surface area (Å²) in [5, 5.41) is 0.0549. The number of nitrogens with zero attached hydrogens (tertiary/aromatic N) is 1. The van der Waals surface area contributed by atoms with Gasteiger partial charge in [-0.25, -0.2) is 0 Å². The van der Waals surface area contributed by atoms with Gasteiger partial charge in [0.2, 0.25) is 5.91 Å². The third-order valence-corrected chi connectivity index (χ3v) is 6.52. The van der Waals surface area contributed by atoms with Gasteiger partial charge in [-0.2, -0.15) is 13.2 Å². The van der Waals surface area contributed by atoms with Gasteiger partial charge in [-0.05, 0) is 48.6 Å². The Morgan fingerprint density at radius 1 is 1.36 bits per heavy atom. The molecular weight excluding hydrogens is 387 g/mol. The molecule has 0 bridgehead atoms. The van der Waals surface area contributed by atoms with Crippen molar-refractivity contribution in [3.8, 4) is 0 Å². The summed E-state index contributed by atoms with van der Waals surface area (Å²) in [4.78, 5) is 14.9. The molecule has 28 heavy (non-hydrogen) atoms. The van der Waals surface area contributed by atoms with Crippen LogP contribution >= 0.6 is 11.8 Å². The van der Waals surface area contributed by atoms with E-state index < -0.39 is 11.7 Å². The van der Waals surface area contributed by atoms with Gasteiger partial charge in [0.25, 0.3) is 0 Å². The monoisotopic (exact) mass is 411 g/mol. The van der Waals surface area contributed by atoms with Crippen LogP contribution in [0.15, 0.2) is 53.1 Å². The van der Waals surface area contributed by atoms with Crippen LogP contribution in [0.3, 0.4) is 0 Å². The molecule has 1 aliphatic carbocycles. The highest BCUT2D eigenvalue weighted by Gasteiger charge is 2.35. The number of hydrogen-bond donors (Lipinski definition) is 0. The number of rotatable bonds is 6. The van der Waals surface area contributed by atoms with Gasteiger partial charge in [0.05, 0.1) is 12.7 Å². The smallest absolute Gasteiger partial charge is 0.416 e. The first-order valence-corrected chi connectivity index (χ1v) is 10.2. The predicted octanol–water partition coefficient (Wildman–Crippen LogP) is 5.14. The van der Waals surface area contributed by atoms with Crippen LogP contribution in [-0.2, 0) is 15.7 Å². The first kappa shape index (κ1) is 20.8. The summed E-state index contributed by atoms with van der Waals surface area (Å²) in [5.41, 5.74) is -0.638. The molecule has 3 atom stereocenters. The fourth-order valence-electron chi connectivity index (χ4n) is 3.57. The average molecular weight is 411 g/mol. The number of methoxy groups -OCH3 is 1. The van der Waals surface area contributed by atoms with Gasteiger partial charge in [0, 0.05) is 29.7 Å². The molecule has 1 aliphatic heterocycles. The Morgan fingerprint density at radius 2 is 2.14 bits per heavy atom. The van der Waals surface area contributed by atoms with Crippen LogP contribution < -0.4 is 0 Å². The Balaban J connectivity index is 1.56. The van der Waals surface area contributed by atoms with E-state index in [0.29, 0.717) is 24.4 Å². The number of ether oxygens (including phenoxy) is 1. The van der Waals surface area contributed by atoms with Gasteiger partial charge in [0.1, 0.15) is 5.76 Å². The number of hydrogen-bond acceptors (Lipinski definition) is 3. The van der Waals surface area contributed by atoms with Crippen LogP contribution in [0.25, 0.3) is 0 Å². The molecule has 3 nitrogen and oxygen atoms in total. The molecule has 1 amide bonds. The molecule has 1 heterocycles. The van der Waals surface area contributed by atoms with Gasteiger partial charge < -0.3 is 9.64 Å². The topological polar surface area (TPSA) is 29.5 Å². The third kappa shape index (κ3) is 5.13. The zero-order valence-corrected chi connectivity index (χ0v) is 16.7. The second-order valence-corrected chi connectivity index (χ2v) is 8.73. The minimum atomic E-state index is -4.34. The van der Waals surface area contributed by atoms with Gasteiger partial charge in [-0.1, -0.05) is 19.1 Å². The summed E-state index contributed by atoms with van der Waals surface area (Å²) in [5.74, 6) is 1.36. The fraction of sp³-hybridized carbons (Fsp3) is 0.476. The predicted molar refractivity (Wildman–Crippen MR) is 104 cm³/mol. The van der Waals surface area contributed by atoms with E-state index in [1.165, 1.54) is 23.9 Å². The quantitative estimate of drug-likeness (QED) is 0.607. The van der Waals surface area contributed by atoms with E-state index in [-0.39, 0.29) is 23.0 Å². The maximum absolute atomic E-state index is 12.9. The van der Waals surface area contributed by atoms with E-state index in [1.807, 2.05) is 24.0 Å². The minimum Gasteiger partial charge on any atom is -0.497 e. The molecule has 1 saturated heterocycles. The molecular formula is C21H24F3NO2S. The number of likely N-dealkylation sites (tertiary alicyclic amines) is 1. The van der Waals surface area contributed by atoms with Crippen molar-refractivity contribution < 1.29 is 22.7 Å². The van der Waals surface area contributed by atoms with Crippen LogP contribution in [0, 0.1) is 11.8 Å². The first-order chi connectivity index (χ1) is 13.3. The lowest BCUT2D eigenvalue weighted by atomic mass is 9.99. The number of halogens is 3. The van der Waals surface area contributed by atoms with E-state index >= 15 is 0 Å². The highest BCUT2D eigenvalue weighted by molar-refractivity contribution is 8.00. The van der Waals surface area contributed by atoms with Crippen molar-refractivity contribution in [2.45, 2.75) is 36.1 Å². The number of carbonyl (C=O) groups excluding carboxylic acids is 1. The molecule has 3 unspecified atom stereocenters. The van der Waals surface area contributed by atoms with E-state index in [1.54, 1.807) is 13.2 Å². The van der Waals surface area contributed by atoms with Crippen molar-refractivity contribution in [1.29, 1.82) is 0 Å². The lowest BCUT2D eigenvalue weighted by molar-refractivity contribution is -0.137. The Hall–Kier alpha value is -1.89. The summed E-state index contributed by atoms with van der Waals surface area (Å²) in [6.07, 6.45) is 2.96. The van der Waals surface area contributed by atoms with Crippen LogP contribution in [0.5, 0.6) is 0 Å². The molecule has 0 spiro atoms. The van der Waals surface area contributed by atoms with Crippen molar-refractivity contribution in [3.63, 3.8) is 0 Å². The standard InChI is InChI=1S/C21H24F3NO2S/c1-14(28-19-5-3-4-17(11-19)21(22,23)24)16-10-20(26)25(13-16)12-15-6-8-18(27-2)9-7-15/h3-6,8-9,11,14-16H,7,10,12-13H2,1-2H3. The number of alkyl halides is 3. The highest BCUT2D eigenvalue weighted by Crippen LogP contribution is 2.37. The molecule has 3 rings (SSSR count). The average Bonchev–Trinajstić information content (AvgIpc) is 3.02. The maximum atomic E-state index is 12.9. The molecule has 0 saturated carbocycles. The number of thioether (sulfide) groups is 1. The number of benzene rings is 1. The molecule has 0 radical (unpaired) electrons. The minimum absolute atomic E-state index is 0.0549.